The van der Waals surface area contributed by atoms with E-state index in [1.165, 1.54) is 12.8 Å². The molecule has 5 nitrogen and oxygen atoms in total. The van der Waals surface area contributed by atoms with E-state index in [4.69, 9.17) is 0 Å². The molecule has 1 aliphatic carbocycles. The van der Waals surface area contributed by atoms with E-state index in [0.29, 0.717) is 12.5 Å². The Morgan fingerprint density at radius 1 is 1.18 bits per heavy atom. The minimum atomic E-state index is -0.182. The lowest BCUT2D eigenvalue weighted by Crippen LogP contribution is -2.53. The molecule has 0 bridgehead atoms. The Morgan fingerprint density at radius 2 is 1.86 bits per heavy atom. The molecular weight excluding hydrogens is 278 g/mol. The molecule has 2 N–H and O–H groups in total. The van der Waals surface area contributed by atoms with Crippen LogP contribution in [0, 0.1) is 5.92 Å². The van der Waals surface area contributed by atoms with Gasteiger partial charge in [-0.05, 0) is 24.3 Å². The van der Waals surface area contributed by atoms with Crippen molar-refractivity contribution in [2.24, 2.45) is 5.92 Å². The van der Waals surface area contributed by atoms with Gasteiger partial charge in [-0.2, -0.15) is 0 Å². The zero-order valence-corrected chi connectivity index (χ0v) is 12.9. The number of aliphatic hydroxyl groups excluding tert-OH is 1. The molecule has 2 fully saturated rings. The van der Waals surface area contributed by atoms with Gasteiger partial charge in [-0.3, -0.25) is 4.90 Å². The third-order valence-corrected chi connectivity index (χ3v) is 4.56. The zero-order valence-electron chi connectivity index (χ0n) is 12.9. The molecule has 1 aromatic rings. The number of hydrogen-bond acceptors (Lipinski definition) is 3. The maximum atomic E-state index is 12.2. The first-order valence-corrected chi connectivity index (χ1v) is 8.19. The van der Waals surface area contributed by atoms with E-state index in [9.17, 15) is 9.90 Å². The van der Waals surface area contributed by atoms with Crippen LogP contribution >= 0.6 is 0 Å². The first-order valence-electron chi connectivity index (χ1n) is 8.19. The van der Waals surface area contributed by atoms with Crippen LogP contribution in [-0.4, -0.2) is 59.8 Å². The number of benzene rings is 1. The number of nitrogens with one attached hydrogen (secondary N) is 1. The third kappa shape index (κ3) is 4.21. The molecule has 0 spiro atoms. The lowest BCUT2D eigenvalue weighted by Gasteiger charge is -2.35. The normalized spacial score (nSPS) is 20.7. The minimum absolute atomic E-state index is 0.00578. The van der Waals surface area contributed by atoms with Gasteiger partial charge in [-0.1, -0.05) is 30.3 Å². The maximum Gasteiger partial charge on any atom is 0.317 e. The largest absolute Gasteiger partial charge is 0.392 e. The Kier molecular flexibility index (Phi) is 4.95. The summed E-state index contributed by atoms with van der Waals surface area (Å²) in [7, 11) is 0. The van der Waals surface area contributed by atoms with Gasteiger partial charge in [0, 0.05) is 39.3 Å². The van der Waals surface area contributed by atoms with E-state index in [0.717, 1.165) is 38.3 Å². The molecule has 1 aromatic carbocycles. The lowest BCUT2D eigenvalue weighted by atomic mass is 10.2. The summed E-state index contributed by atoms with van der Waals surface area (Å²) in [6.07, 6.45) is 2.16. The first kappa shape index (κ1) is 15.3. The van der Waals surface area contributed by atoms with Crippen molar-refractivity contribution in [3.63, 3.8) is 0 Å². The second-order valence-corrected chi connectivity index (χ2v) is 6.34. The molecule has 2 aliphatic rings. The fourth-order valence-corrected chi connectivity index (χ4v) is 2.91. The minimum Gasteiger partial charge on any atom is -0.392 e. The number of urea groups is 1. The number of carbonyl (C=O) groups is 1. The molecule has 1 aliphatic heterocycles. The predicted molar refractivity (Wildman–Crippen MR) is 85.4 cm³/mol. The fraction of sp³-hybridized carbons (Fsp3) is 0.588. The van der Waals surface area contributed by atoms with E-state index in [1.54, 1.807) is 0 Å². The average molecular weight is 303 g/mol. The van der Waals surface area contributed by atoms with Crippen LogP contribution in [0.5, 0.6) is 0 Å². The van der Waals surface area contributed by atoms with E-state index < -0.39 is 0 Å². The number of piperazine rings is 1. The molecule has 1 saturated heterocycles. The summed E-state index contributed by atoms with van der Waals surface area (Å²) in [5.41, 5.74) is 1.11. The quantitative estimate of drug-likeness (QED) is 0.862. The Hall–Kier alpha value is -1.59. The van der Waals surface area contributed by atoms with Crippen LogP contribution < -0.4 is 5.32 Å². The van der Waals surface area contributed by atoms with Crippen LogP contribution in [0.1, 0.15) is 18.4 Å². The highest BCUT2D eigenvalue weighted by Crippen LogP contribution is 2.32. The average Bonchev–Trinajstić information content (AvgIpc) is 3.39. The van der Waals surface area contributed by atoms with E-state index in [2.05, 4.69) is 10.2 Å². The number of carbonyl (C=O) groups excluding carboxylic acids is 1. The molecule has 2 amide bonds. The van der Waals surface area contributed by atoms with E-state index in [1.807, 2.05) is 35.2 Å². The second kappa shape index (κ2) is 7.11. The number of β-amino-alcohol motifs (C(OH)–C–C–N with tert-alkyl or cyclic N) is 1. The SMILES string of the molecule is O=C(NCc1ccccc1)N1CCN(C[C@@H](O)C2CC2)CC1. The Labute approximate surface area is 131 Å². The summed E-state index contributed by atoms with van der Waals surface area (Å²) < 4.78 is 0. The monoisotopic (exact) mass is 303 g/mol. The van der Waals surface area contributed by atoms with Crippen molar-refractivity contribution in [1.29, 1.82) is 0 Å². The highest BCUT2D eigenvalue weighted by atomic mass is 16.3. The van der Waals surface area contributed by atoms with Crippen LogP contribution in [0.3, 0.4) is 0 Å². The molecule has 1 heterocycles. The molecular formula is C17H25N3O2. The molecule has 0 aromatic heterocycles. The lowest BCUT2D eigenvalue weighted by molar-refractivity contribution is 0.0696. The van der Waals surface area contributed by atoms with E-state index >= 15 is 0 Å². The summed E-state index contributed by atoms with van der Waals surface area (Å²) in [4.78, 5) is 16.3. The van der Waals surface area contributed by atoms with Gasteiger partial charge < -0.3 is 15.3 Å². The summed E-state index contributed by atoms with van der Waals surface area (Å²) in [5, 5.41) is 13.0. The topological polar surface area (TPSA) is 55.8 Å². The van der Waals surface area contributed by atoms with Crippen LogP contribution in [-0.2, 0) is 6.54 Å². The van der Waals surface area contributed by atoms with Gasteiger partial charge >= 0.3 is 6.03 Å². The number of aliphatic hydroxyl groups is 1. The summed E-state index contributed by atoms with van der Waals surface area (Å²) in [6.45, 7) is 4.49. The Morgan fingerprint density at radius 3 is 2.50 bits per heavy atom. The summed E-state index contributed by atoms with van der Waals surface area (Å²) >= 11 is 0. The van der Waals surface area contributed by atoms with Gasteiger partial charge in [0.05, 0.1) is 6.10 Å². The number of nitrogens with zero attached hydrogens (tertiary/aromatic N) is 2. The van der Waals surface area contributed by atoms with Gasteiger partial charge in [0.15, 0.2) is 0 Å². The van der Waals surface area contributed by atoms with Gasteiger partial charge in [-0.15, -0.1) is 0 Å². The van der Waals surface area contributed by atoms with E-state index in [-0.39, 0.29) is 12.1 Å². The van der Waals surface area contributed by atoms with Crippen molar-refractivity contribution in [2.75, 3.05) is 32.7 Å². The Balaban J connectivity index is 1.38. The van der Waals surface area contributed by atoms with Gasteiger partial charge in [0.25, 0.3) is 0 Å². The highest BCUT2D eigenvalue weighted by Gasteiger charge is 2.31. The first-order chi connectivity index (χ1) is 10.7. The highest BCUT2D eigenvalue weighted by molar-refractivity contribution is 5.74. The van der Waals surface area contributed by atoms with Crippen molar-refractivity contribution in [2.45, 2.75) is 25.5 Å². The molecule has 0 radical (unpaired) electrons. The molecule has 22 heavy (non-hydrogen) atoms. The number of hydrogen-bond donors (Lipinski definition) is 2. The van der Waals surface area contributed by atoms with Crippen molar-refractivity contribution in [3.05, 3.63) is 35.9 Å². The zero-order chi connectivity index (χ0) is 15.4. The van der Waals surface area contributed by atoms with Crippen molar-refractivity contribution in [1.82, 2.24) is 15.1 Å². The smallest absolute Gasteiger partial charge is 0.317 e. The van der Waals surface area contributed by atoms with Crippen LogP contribution in [0.4, 0.5) is 4.79 Å². The fourth-order valence-electron chi connectivity index (χ4n) is 2.91. The van der Waals surface area contributed by atoms with Crippen LogP contribution in [0.25, 0.3) is 0 Å². The van der Waals surface area contributed by atoms with Crippen molar-refractivity contribution < 1.29 is 9.90 Å². The van der Waals surface area contributed by atoms with Gasteiger partial charge in [-0.25, -0.2) is 4.79 Å². The number of amides is 2. The van der Waals surface area contributed by atoms with Gasteiger partial charge in [0.2, 0.25) is 0 Å². The second-order valence-electron chi connectivity index (χ2n) is 6.34. The third-order valence-electron chi connectivity index (χ3n) is 4.56. The van der Waals surface area contributed by atoms with Crippen LogP contribution in [0.2, 0.25) is 0 Å². The predicted octanol–water partition coefficient (Wildman–Crippen LogP) is 1.28. The van der Waals surface area contributed by atoms with Crippen molar-refractivity contribution >= 4 is 6.03 Å². The molecule has 5 heteroatoms. The molecule has 1 saturated carbocycles. The standard InChI is InChI=1S/C17H25N3O2/c21-16(15-6-7-15)13-19-8-10-20(11-9-19)17(22)18-12-14-4-2-1-3-5-14/h1-5,15-16,21H,6-13H2,(H,18,22)/t16-/m1/s1. The summed E-state index contributed by atoms with van der Waals surface area (Å²) in [5.74, 6) is 0.521. The molecule has 120 valence electrons. The Bertz CT molecular complexity index is 482. The molecule has 0 unspecified atom stereocenters. The van der Waals surface area contributed by atoms with Crippen molar-refractivity contribution in [3.8, 4) is 0 Å². The van der Waals surface area contributed by atoms with Gasteiger partial charge in [0.1, 0.15) is 0 Å². The molecule has 3 rings (SSSR count). The van der Waals surface area contributed by atoms with Crippen LogP contribution in [0.15, 0.2) is 30.3 Å². The summed E-state index contributed by atoms with van der Waals surface area (Å²) in [6, 6.07) is 9.96. The maximum absolute atomic E-state index is 12.2. The number of rotatable bonds is 5. The molecule has 1 atom stereocenters.